The molecule has 0 fully saturated rings. The van der Waals surface area contributed by atoms with Crippen molar-refractivity contribution < 1.29 is 9.47 Å². The largest absolute Gasteiger partial charge is 0.494 e. The number of nitrogens with two attached hydrogens (primary N) is 1. The molecule has 3 nitrogen and oxygen atoms in total. The van der Waals surface area contributed by atoms with Gasteiger partial charge >= 0.3 is 0 Å². The molecule has 1 rings (SSSR count). The average Bonchev–Trinajstić information content (AvgIpc) is 2.41. The summed E-state index contributed by atoms with van der Waals surface area (Å²) in [6, 6.07) is 5.71. The van der Waals surface area contributed by atoms with Gasteiger partial charge in [0.2, 0.25) is 0 Å². The third-order valence-corrected chi connectivity index (χ3v) is 3.03. The number of rotatable bonds is 10. The predicted octanol–water partition coefficient (Wildman–Crippen LogP) is 4.15. The van der Waals surface area contributed by atoms with Crippen LogP contribution in [0, 0.1) is 0 Å². The molecule has 2 N–H and O–H groups in total. The van der Waals surface area contributed by atoms with E-state index in [1.54, 1.807) is 0 Å². The second-order valence-electron chi connectivity index (χ2n) is 4.77. The molecule has 19 heavy (non-hydrogen) atoms. The van der Waals surface area contributed by atoms with Gasteiger partial charge in [-0.1, -0.05) is 32.6 Å². The molecule has 0 radical (unpaired) electrons. The highest BCUT2D eigenvalue weighted by molar-refractivity contribution is 5.47. The van der Waals surface area contributed by atoms with Crippen LogP contribution in [0.3, 0.4) is 0 Å². The molecule has 0 aliphatic rings. The zero-order chi connectivity index (χ0) is 13.9. The molecule has 0 unspecified atom stereocenters. The molecule has 0 saturated carbocycles. The van der Waals surface area contributed by atoms with Gasteiger partial charge < -0.3 is 15.2 Å². The van der Waals surface area contributed by atoms with Crippen LogP contribution < -0.4 is 10.5 Å². The van der Waals surface area contributed by atoms with Crippen molar-refractivity contribution in [1.29, 1.82) is 0 Å². The molecule has 0 aliphatic heterocycles. The van der Waals surface area contributed by atoms with Crippen molar-refractivity contribution in [2.24, 2.45) is 0 Å². The maximum Gasteiger partial charge on any atom is 0.124 e. The molecule has 1 aromatic carbocycles. The van der Waals surface area contributed by atoms with Crippen LogP contribution in [-0.4, -0.2) is 13.2 Å². The van der Waals surface area contributed by atoms with Gasteiger partial charge in [0.25, 0.3) is 0 Å². The number of benzene rings is 1. The Morgan fingerprint density at radius 2 is 1.84 bits per heavy atom. The second-order valence-corrected chi connectivity index (χ2v) is 4.77. The van der Waals surface area contributed by atoms with Crippen LogP contribution in [0.1, 0.15) is 51.5 Å². The van der Waals surface area contributed by atoms with Crippen LogP contribution in [0.25, 0.3) is 0 Å². The molecule has 0 atom stereocenters. The molecule has 1 aromatic rings. The van der Waals surface area contributed by atoms with E-state index in [0.717, 1.165) is 30.0 Å². The van der Waals surface area contributed by atoms with E-state index in [2.05, 4.69) is 6.92 Å². The highest BCUT2D eigenvalue weighted by Crippen LogP contribution is 2.22. The first kappa shape index (κ1) is 15.8. The minimum Gasteiger partial charge on any atom is -0.494 e. The summed E-state index contributed by atoms with van der Waals surface area (Å²) in [4.78, 5) is 0. The summed E-state index contributed by atoms with van der Waals surface area (Å²) in [5.74, 6) is 0.877. The fourth-order valence-corrected chi connectivity index (χ4v) is 2.00. The molecule has 3 heteroatoms. The van der Waals surface area contributed by atoms with Gasteiger partial charge in [0.1, 0.15) is 5.75 Å². The summed E-state index contributed by atoms with van der Waals surface area (Å²) in [6.07, 6.45) is 6.29. The SMILES string of the molecule is CCCCCCCOCc1cc(N)ccc1OCC. The number of anilines is 1. The molecule has 0 saturated heterocycles. The number of ether oxygens (including phenoxy) is 2. The molecule has 0 heterocycles. The van der Waals surface area contributed by atoms with Gasteiger partial charge in [-0.15, -0.1) is 0 Å². The summed E-state index contributed by atoms with van der Waals surface area (Å²) in [5.41, 5.74) is 7.59. The van der Waals surface area contributed by atoms with Crippen molar-refractivity contribution in [3.05, 3.63) is 23.8 Å². The summed E-state index contributed by atoms with van der Waals surface area (Å²) in [5, 5.41) is 0. The first-order valence-electron chi connectivity index (χ1n) is 7.36. The van der Waals surface area contributed by atoms with E-state index in [1.165, 1.54) is 25.7 Å². The van der Waals surface area contributed by atoms with Crippen molar-refractivity contribution in [2.45, 2.75) is 52.6 Å². The lowest BCUT2D eigenvalue weighted by atomic mass is 10.1. The highest BCUT2D eigenvalue weighted by Gasteiger charge is 2.04. The van der Waals surface area contributed by atoms with Gasteiger partial charge in [0.15, 0.2) is 0 Å². The van der Waals surface area contributed by atoms with E-state index < -0.39 is 0 Å². The first-order chi connectivity index (χ1) is 9.27. The monoisotopic (exact) mass is 265 g/mol. The Hall–Kier alpha value is -1.22. The van der Waals surface area contributed by atoms with Gasteiger partial charge in [-0.2, -0.15) is 0 Å². The number of unbranched alkanes of at least 4 members (excludes halogenated alkanes) is 4. The molecular formula is C16H27NO2. The van der Waals surface area contributed by atoms with Crippen molar-refractivity contribution in [3.8, 4) is 5.75 Å². The predicted molar refractivity (Wildman–Crippen MR) is 80.4 cm³/mol. The Labute approximate surface area is 117 Å². The minimum atomic E-state index is 0.578. The lowest BCUT2D eigenvalue weighted by Crippen LogP contribution is -2.01. The van der Waals surface area contributed by atoms with E-state index in [4.69, 9.17) is 15.2 Å². The Morgan fingerprint density at radius 1 is 1.05 bits per heavy atom. The molecular weight excluding hydrogens is 238 g/mol. The van der Waals surface area contributed by atoms with E-state index >= 15 is 0 Å². The van der Waals surface area contributed by atoms with Crippen molar-refractivity contribution >= 4 is 5.69 Å². The van der Waals surface area contributed by atoms with Gasteiger partial charge in [-0.3, -0.25) is 0 Å². The highest BCUT2D eigenvalue weighted by atomic mass is 16.5. The number of hydrogen-bond acceptors (Lipinski definition) is 3. The smallest absolute Gasteiger partial charge is 0.124 e. The first-order valence-corrected chi connectivity index (χ1v) is 7.36. The molecule has 0 aliphatic carbocycles. The molecule has 0 amide bonds. The van der Waals surface area contributed by atoms with Gasteiger partial charge in [0.05, 0.1) is 13.2 Å². The lowest BCUT2D eigenvalue weighted by Gasteiger charge is -2.11. The van der Waals surface area contributed by atoms with Crippen molar-refractivity contribution in [1.82, 2.24) is 0 Å². The number of nitrogen functional groups attached to an aromatic ring is 1. The standard InChI is InChI=1S/C16H27NO2/c1-3-5-6-7-8-11-18-13-14-12-15(17)9-10-16(14)19-4-2/h9-10,12H,3-8,11,13,17H2,1-2H3. The Morgan fingerprint density at radius 3 is 2.58 bits per heavy atom. The molecule has 0 bridgehead atoms. The second kappa shape index (κ2) is 9.68. The third kappa shape index (κ3) is 6.48. The minimum absolute atomic E-state index is 0.578. The topological polar surface area (TPSA) is 44.5 Å². The van der Waals surface area contributed by atoms with Crippen LogP contribution in [0.15, 0.2) is 18.2 Å². The normalized spacial score (nSPS) is 10.6. The van der Waals surface area contributed by atoms with Gasteiger partial charge in [-0.25, -0.2) is 0 Å². The Bertz CT molecular complexity index is 353. The van der Waals surface area contributed by atoms with Crippen molar-refractivity contribution in [2.75, 3.05) is 18.9 Å². The van der Waals surface area contributed by atoms with Crippen LogP contribution in [0.5, 0.6) is 5.75 Å². The van der Waals surface area contributed by atoms with Crippen LogP contribution >= 0.6 is 0 Å². The third-order valence-electron chi connectivity index (χ3n) is 3.03. The average molecular weight is 265 g/mol. The maximum absolute atomic E-state index is 5.80. The fraction of sp³-hybridized carbons (Fsp3) is 0.625. The molecule has 108 valence electrons. The van der Waals surface area contributed by atoms with Crippen LogP contribution in [0.2, 0.25) is 0 Å². The zero-order valence-corrected chi connectivity index (χ0v) is 12.3. The zero-order valence-electron chi connectivity index (χ0n) is 12.3. The number of hydrogen-bond donors (Lipinski definition) is 1. The quantitative estimate of drug-likeness (QED) is 0.510. The molecule has 0 aromatic heterocycles. The summed E-state index contributed by atoms with van der Waals surface area (Å²) in [6.45, 7) is 6.26. The van der Waals surface area contributed by atoms with Crippen LogP contribution in [-0.2, 0) is 11.3 Å². The van der Waals surface area contributed by atoms with E-state index in [0.29, 0.717) is 13.2 Å². The lowest BCUT2D eigenvalue weighted by molar-refractivity contribution is 0.114. The van der Waals surface area contributed by atoms with E-state index in [-0.39, 0.29) is 0 Å². The van der Waals surface area contributed by atoms with Gasteiger partial charge in [0, 0.05) is 17.9 Å². The summed E-state index contributed by atoms with van der Waals surface area (Å²) < 4.78 is 11.3. The summed E-state index contributed by atoms with van der Waals surface area (Å²) >= 11 is 0. The van der Waals surface area contributed by atoms with Gasteiger partial charge in [-0.05, 0) is 31.5 Å². The fourth-order valence-electron chi connectivity index (χ4n) is 2.00. The Kier molecular flexibility index (Phi) is 8.07. The molecule has 0 spiro atoms. The Balaban J connectivity index is 2.29. The van der Waals surface area contributed by atoms with E-state index in [9.17, 15) is 0 Å². The summed E-state index contributed by atoms with van der Waals surface area (Å²) in [7, 11) is 0. The van der Waals surface area contributed by atoms with E-state index in [1.807, 2.05) is 25.1 Å². The van der Waals surface area contributed by atoms with Crippen molar-refractivity contribution in [3.63, 3.8) is 0 Å². The van der Waals surface area contributed by atoms with Crippen LogP contribution in [0.4, 0.5) is 5.69 Å². The maximum atomic E-state index is 5.80.